The SMILES string of the molecule is CCOC(=O)c1ccc(C#Cc2ccccc2NS(=O)(=O)c2ccc(C)cc2)cc1. The highest BCUT2D eigenvalue weighted by Gasteiger charge is 2.15. The molecule has 0 aliphatic rings. The fourth-order valence-corrected chi connectivity index (χ4v) is 3.73. The van der Waals surface area contributed by atoms with Crippen LogP contribution >= 0.6 is 0 Å². The van der Waals surface area contributed by atoms with Gasteiger partial charge in [-0.1, -0.05) is 41.7 Å². The topological polar surface area (TPSA) is 72.5 Å². The largest absolute Gasteiger partial charge is 0.462 e. The zero-order chi connectivity index (χ0) is 21.6. The smallest absolute Gasteiger partial charge is 0.338 e. The molecule has 0 unspecified atom stereocenters. The maximum atomic E-state index is 12.7. The molecule has 0 aliphatic carbocycles. The van der Waals surface area contributed by atoms with Gasteiger partial charge in [-0.2, -0.15) is 0 Å². The number of hydrogen-bond acceptors (Lipinski definition) is 4. The highest BCUT2D eigenvalue weighted by molar-refractivity contribution is 7.92. The lowest BCUT2D eigenvalue weighted by atomic mass is 10.1. The van der Waals surface area contributed by atoms with Crippen LogP contribution in [0.4, 0.5) is 5.69 Å². The van der Waals surface area contributed by atoms with Gasteiger partial charge in [0.1, 0.15) is 0 Å². The third-order valence-electron chi connectivity index (χ3n) is 4.24. The van der Waals surface area contributed by atoms with Gasteiger partial charge in [0.15, 0.2) is 0 Å². The molecule has 30 heavy (non-hydrogen) atoms. The third kappa shape index (κ3) is 5.28. The first-order chi connectivity index (χ1) is 14.4. The summed E-state index contributed by atoms with van der Waals surface area (Å²) in [6, 6.07) is 20.3. The first-order valence-corrected chi connectivity index (χ1v) is 10.8. The Labute approximate surface area is 176 Å². The van der Waals surface area contributed by atoms with E-state index < -0.39 is 10.0 Å². The number of esters is 1. The molecule has 0 atom stereocenters. The Kier molecular flexibility index (Phi) is 6.55. The second kappa shape index (κ2) is 9.29. The van der Waals surface area contributed by atoms with E-state index in [-0.39, 0.29) is 10.9 Å². The molecule has 152 valence electrons. The number of aryl methyl sites for hydroxylation is 1. The molecule has 0 spiro atoms. The van der Waals surface area contributed by atoms with Crippen LogP contribution in [0.2, 0.25) is 0 Å². The summed E-state index contributed by atoms with van der Waals surface area (Å²) in [6.45, 7) is 3.96. The first-order valence-electron chi connectivity index (χ1n) is 9.37. The van der Waals surface area contributed by atoms with E-state index in [1.165, 1.54) is 0 Å². The van der Waals surface area contributed by atoms with Gasteiger partial charge in [0, 0.05) is 11.1 Å². The number of hydrogen-bond donors (Lipinski definition) is 1. The van der Waals surface area contributed by atoms with Crippen molar-refractivity contribution in [3.8, 4) is 11.8 Å². The van der Waals surface area contributed by atoms with Gasteiger partial charge in [-0.3, -0.25) is 4.72 Å². The molecular weight excluding hydrogens is 398 g/mol. The van der Waals surface area contributed by atoms with Crippen LogP contribution in [0.25, 0.3) is 0 Å². The summed E-state index contributed by atoms with van der Waals surface area (Å²) in [5, 5.41) is 0. The van der Waals surface area contributed by atoms with Gasteiger partial charge in [0.25, 0.3) is 10.0 Å². The predicted molar refractivity (Wildman–Crippen MR) is 117 cm³/mol. The molecule has 3 aromatic carbocycles. The van der Waals surface area contributed by atoms with Crippen LogP contribution < -0.4 is 4.72 Å². The molecule has 0 saturated heterocycles. The number of nitrogens with one attached hydrogen (secondary N) is 1. The van der Waals surface area contributed by atoms with Crippen molar-refractivity contribution in [1.82, 2.24) is 0 Å². The van der Waals surface area contributed by atoms with Crippen LogP contribution in [0.5, 0.6) is 0 Å². The van der Waals surface area contributed by atoms with Crippen molar-refractivity contribution in [2.45, 2.75) is 18.7 Å². The Morgan fingerprint density at radius 2 is 1.60 bits per heavy atom. The van der Waals surface area contributed by atoms with Crippen LogP contribution in [0.15, 0.2) is 77.7 Å². The number of para-hydroxylation sites is 1. The van der Waals surface area contributed by atoms with Gasteiger partial charge >= 0.3 is 5.97 Å². The Balaban J connectivity index is 1.83. The molecule has 0 fully saturated rings. The number of anilines is 1. The molecule has 0 radical (unpaired) electrons. The minimum Gasteiger partial charge on any atom is -0.462 e. The number of sulfonamides is 1. The third-order valence-corrected chi connectivity index (χ3v) is 5.62. The van der Waals surface area contributed by atoms with Crippen LogP contribution in [0.1, 0.15) is 34.0 Å². The minimum atomic E-state index is -3.73. The van der Waals surface area contributed by atoms with Crippen molar-refractivity contribution in [3.63, 3.8) is 0 Å². The summed E-state index contributed by atoms with van der Waals surface area (Å²) in [5.74, 6) is 5.61. The zero-order valence-electron chi connectivity index (χ0n) is 16.7. The van der Waals surface area contributed by atoms with E-state index in [2.05, 4.69) is 16.6 Å². The lowest BCUT2D eigenvalue weighted by Crippen LogP contribution is -2.13. The molecule has 0 aliphatic heterocycles. The first kappa shape index (κ1) is 21.2. The molecule has 6 heteroatoms. The van der Waals surface area contributed by atoms with Crippen molar-refractivity contribution in [3.05, 3.63) is 95.1 Å². The van der Waals surface area contributed by atoms with Gasteiger partial charge in [-0.25, -0.2) is 13.2 Å². The van der Waals surface area contributed by atoms with Crippen LogP contribution in [-0.2, 0) is 14.8 Å². The van der Waals surface area contributed by atoms with Crippen molar-refractivity contribution in [1.29, 1.82) is 0 Å². The maximum Gasteiger partial charge on any atom is 0.338 e. The van der Waals surface area contributed by atoms with E-state index >= 15 is 0 Å². The Hall–Kier alpha value is -3.56. The van der Waals surface area contributed by atoms with Gasteiger partial charge in [0.05, 0.1) is 22.8 Å². The number of ether oxygens (including phenoxy) is 1. The minimum absolute atomic E-state index is 0.186. The molecular formula is C24H21NO4S. The Morgan fingerprint density at radius 3 is 2.27 bits per heavy atom. The molecule has 3 rings (SSSR count). The number of carbonyl (C=O) groups is 1. The lowest BCUT2D eigenvalue weighted by Gasteiger charge is -2.10. The van der Waals surface area contributed by atoms with E-state index in [0.29, 0.717) is 29.0 Å². The number of benzene rings is 3. The maximum absolute atomic E-state index is 12.7. The quantitative estimate of drug-likeness (QED) is 0.492. The average Bonchev–Trinajstić information content (AvgIpc) is 2.74. The van der Waals surface area contributed by atoms with E-state index in [1.54, 1.807) is 79.7 Å². The Bertz CT molecular complexity index is 1200. The van der Waals surface area contributed by atoms with Crippen molar-refractivity contribution in [2.24, 2.45) is 0 Å². The van der Waals surface area contributed by atoms with Crippen molar-refractivity contribution >= 4 is 21.7 Å². The molecule has 0 amide bonds. The van der Waals surface area contributed by atoms with Crippen molar-refractivity contribution in [2.75, 3.05) is 11.3 Å². The van der Waals surface area contributed by atoms with E-state index in [0.717, 1.165) is 5.56 Å². The van der Waals surface area contributed by atoms with Crippen LogP contribution in [0, 0.1) is 18.8 Å². The average molecular weight is 420 g/mol. The fourth-order valence-electron chi connectivity index (χ4n) is 2.65. The molecule has 3 aromatic rings. The predicted octanol–water partition coefficient (Wildman–Crippen LogP) is 4.37. The number of rotatable bonds is 5. The van der Waals surface area contributed by atoms with Gasteiger partial charge in [-0.05, 0) is 62.4 Å². The second-order valence-electron chi connectivity index (χ2n) is 6.51. The summed E-state index contributed by atoms with van der Waals surface area (Å²) in [6.07, 6.45) is 0. The Morgan fingerprint density at radius 1 is 0.933 bits per heavy atom. The van der Waals surface area contributed by atoms with E-state index in [1.807, 2.05) is 6.92 Å². The molecule has 5 nitrogen and oxygen atoms in total. The van der Waals surface area contributed by atoms with Crippen LogP contribution in [0.3, 0.4) is 0 Å². The summed E-state index contributed by atoms with van der Waals surface area (Å²) in [4.78, 5) is 11.9. The zero-order valence-corrected chi connectivity index (χ0v) is 17.5. The summed E-state index contributed by atoms with van der Waals surface area (Å²) in [5.41, 5.74) is 3.07. The van der Waals surface area contributed by atoms with Crippen LogP contribution in [-0.4, -0.2) is 21.0 Å². The summed E-state index contributed by atoms with van der Waals surface area (Å²) < 4.78 is 32.9. The highest BCUT2D eigenvalue weighted by atomic mass is 32.2. The van der Waals surface area contributed by atoms with Gasteiger partial charge in [-0.15, -0.1) is 0 Å². The molecule has 1 N–H and O–H groups in total. The molecule has 0 aromatic heterocycles. The summed E-state index contributed by atoms with van der Waals surface area (Å²) in [7, 11) is -3.73. The highest BCUT2D eigenvalue weighted by Crippen LogP contribution is 2.20. The van der Waals surface area contributed by atoms with Crippen molar-refractivity contribution < 1.29 is 17.9 Å². The fraction of sp³-hybridized carbons (Fsp3) is 0.125. The number of carbonyl (C=O) groups excluding carboxylic acids is 1. The molecule has 0 heterocycles. The lowest BCUT2D eigenvalue weighted by molar-refractivity contribution is 0.0526. The summed E-state index contributed by atoms with van der Waals surface area (Å²) >= 11 is 0. The molecule has 0 bridgehead atoms. The normalized spacial score (nSPS) is 10.6. The van der Waals surface area contributed by atoms with E-state index in [4.69, 9.17) is 4.74 Å². The monoisotopic (exact) mass is 419 g/mol. The van der Waals surface area contributed by atoms with Gasteiger partial charge < -0.3 is 4.74 Å². The van der Waals surface area contributed by atoms with Gasteiger partial charge in [0.2, 0.25) is 0 Å². The second-order valence-corrected chi connectivity index (χ2v) is 8.19. The molecule has 0 saturated carbocycles. The van der Waals surface area contributed by atoms with E-state index in [9.17, 15) is 13.2 Å². The standard InChI is InChI=1S/C24H21NO4S/c1-3-29-24(26)21-14-11-19(12-15-21)10-13-20-6-4-5-7-23(20)25-30(27,28)22-16-8-18(2)9-17-22/h4-9,11-12,14-17,25H,3H2,1-2H3.